The van der Waals surface area contributed by atoms with Crippen molar-refractivity contribution < 1.29 is 14.4 Å². The molecule has 5 rings (SSSR count). The topological polar surface area (TPSA) is 91.8 Å². The highest BCUT2D eigenvalue weighted by molar-refractivity contribution is 9.10. The van der Waals surface area contributed by atoms with Crippen molar-refractivity contribution in [1.82, 2.24) is 9.66 Å². The van der Waals surface area contributed by atoms with Crippen molar-refractivity contribution in [3.63, 3.8) is 0 Å². The summed E-state index contributed by atoms with van der Waals surface area (Å²) < 4.78 is 13.6. The number of imidazole rings is 1. The van der Waals surface area contributed by atoms with Crippen molar-refractivity contribution in [2.45, 2.75) is 13.3 Å². The summed E-state index contributed by atoms with van der Waals surface area (Å²) in [6, 6.07) is 10.2. The third-order valence-electron chi connectivity index (χ3n) is 4.78. The van der Waals surface area contributed by atoms with E-state index in [0.29, 0.717) is 23.6 Å². The fraction of sp³-hybridized carbons (Fsp3) is 0.158. The minimum Gasteiger partial charge on any atom is -0.454 e. The number of nitro benzene ring substituents is 1. The normalized spacial score (nSPS) is 14.1. The first-order valence-corrected chi connectivity index (χ1v) is 9.31. The minimum atomic E-state index is -0.418. The molecule has 0 spiro atoms. The molecule has 3 heterocycles. The molecule has 140 valence electrons. The molecule has 8 nitrogen and oxygen atoms in total. The summed E-state index contributed by atoms with van der Waals surface area (Å²) in [6.45, 7) is 2.09. The Balaban J connectivity index is 1.75. The molecule has 0 saturated heterocycles. The predicted octanol–water partition coefficient (Wildman–Crippen LogP) is 3.80. The van der Waals surface area contributed by atoms with Crippen LogP contribution in [-0.2, 0) is 6.42 Å². The predicted molar refractivity (Wildman–Crippen MR) is 104 cm³/mol. The molecule has 28 heavy (non-hydrogen) atoms. The van der Waals surface area contributed by atoms with Gasteiger partial charge in [0.2, 0.25) is 6.79 Å². The molecule has 1 aromatic heterocycles. The van der Waals surface area contributed by atoms with Gasteiger partial charge in [-0.05, 0) is 52.7 Å². The fourth-order valence-electron chi connectivity index (χ4n) is 3.40. The summed E-state index contributed by atoms with van der Waals surface area (Å²) in [5.41, 5.74) is 4.19. The van der Waals surface area contributed by atoms with Gasteiger partial charge >= 0.3 is 0 Å². The summed E-state index contributed by atoms with van der Waals surface area (Å²) in [5, 5.41) is 15.8. The first-order valence-electron chi connectivity index (χ1n) is 8.51. The first-order chi connectivity index (χ1) is 13.5. The van der Waals surface area contributed by atoms with E-state index in [9.17, 15) is 10.1 Å². The molecule has 0 atom stereocenters. The van der Waals surface area contributed by atoms with Gasteiger partial charge in [0, 0.05) is 29.7 Å². The van der Waals surface area contributed by atoms with E-state index in [1.165, 1.54) is 12.1 Å². The zero-order valence-electron chi connectivity index (χ0n) is 14.7. The van der Waals surface area contributed by atoms with Gasteiger partial charge in [-0.2, -0.15) is 5.10 Å². The average Bonchev–Trinajstić information content (AvgIpc) is 3.19. The number of hydrogen-bond acceptors (Lipinski definition) is 6. The van der Waals surface area contributed by atoms with Crippen LogP contribution in [0.2, 0.25) is 0 Å². The van der Waals surface area contributed by atoms with E-state index in [2.05, 4.69) is 20.9 Å². The summed E-state index contributed by atoms with van der Waals surface area (Å²) in [4.78, 5) is 15.2. The molecule has 0 N–H and O–H groups in total. The van der Waals surface area contributed by atoms with Gasteiger partial charge in [0.1, 0.15) is 10.4 Å². The Hall–Kier alpha value is -3.20. The average molecular weight is 441 g/mol. The smallest absolute Gasteiger partial charge is 0.269 e. The number of benzene rings is 2. The number of halogens is 1. The van der Waals surface area contributed by atoms with Crippen LogP contribution >= 0.6 is 15.9 Å². The molecule has 0 amide bonds. The molecule has 0 saturated carbocycles. The van der Waals surface area contributed by atoms with Gasteiger partial charge in [0.05, 0.1) is 16.3 Å². The van der Waals surface area contributed by atoms with Crippen molar-refractivity contribution >= 4 is 27.3 Å². The van der Waals surface area contributed by atoms with Gasteiger partial charge in [-0.25, -0.2) is 9.66 Å². The van der Waals surface area contributed by atoms with Crippen LogP contribution in [0.1, 0.15) is 28.2 Å². The number of rotatable bonds is 2. The monoisotopic (exact) mass is 440 g/mol. The summed E-state index contributed by atoms with van der Waals surface area (Å²) >= 11 is 3.55. The van der Waals surface area contributed by atoms with Gasteiger partial charge in [-0.3, -0.25) is 10.1 Å². The van der Waals surface area contributed by atoms with Gasteiger partial charge in [0.25, 0.3) is 5.69 Å². The molecule has 2 aromatic carbocycles. The Morgan fingerprint density at radius 3 is 2.61 bits per heavy atom. The molecule has 0 unspecified atom stereocenters. The van der Waals surface area contributed by atoms with Crippen LogP contribution in [0.15, 0.2) is 46.1 Å². The lowest BCUT2D eigenvalue weighted by Crippen LogP contribution is -2.07. The van der Waals surface area contributed by atoms with Gasteiger partial charge in [-0.1, -0.05) is 0 Å². The third-order valence-corrected chi connectivity index (χ3v) is 5.69. The van der Waals surface area contributed by atoms with E-state index in [-0.39, 0.29) is 12.5 Å². The lowest BCUT2D eigenvalue weighted by Gasteiger charge is -2.11. The largest absolute Gasteiger partial charge is 0.454 e. The first kappa shape index (κ1) is 16.9. The number of ether oxygens (including phenoxy) is 2. The number of fused-ring (bicyclic) bond motifs is 3. The molecule has 2 aliphatic rings. The highest BCUT2D eigenvalue weighted by atomic mass is 79.9. The van der Waals surface area contributed by atoms with Crippen LogP contribution in [0.4, 0.5) is 5.69 Å². The van der Waals surface area contributed by atoms with Crippen LogP contribution in [0.25, 0.3) is 0 Å². The minimum absolute atomic E-state index is 0.0317. The van der Waals surface area contributed by atoms with Crippen LogP contribution in [-0.4, -0.2) is 27.1 Å². The van der Waals surface area contributed by atoms with Crippen molar-refractivity contribution in [2.24, 2.45) is 5.10 Å². The Morgan fingerprint density at radius 2 is 1.89 bits per heavy atom. The third kappa shape index (κ3) is 2.58. The number of nitrogens with zero attached hydrogens (tertiary/aromatic N) is 4. The van der Waals surface area contributed by atoms with Gasteiger partial charge in [0.15, 0.2) is 11.5 Å². The maximum atomic E-state index is 11.0. The van der Waals surface area contributed by atoms with Gasteiger partial charge in [-0.15, -0.1) is 0 Å². The molecular weight excluding hydrogens is 428 g/mol. The standard InChI is InChI=1S/C19H13BrN4O4/c1-10-19(20)23-17(21-10)7-12-6-15-16(28-9-27-15)8-14(12)18(22-23)11-2-4-13(5-3-11)24(25)26/h2-6,8H,7,9H2,1H3. The van der Waals surface area contributed by atoms with Crippen LogP contribution in [0.3, 0.4) is 0 Å². The van der Waals surface area contributed by atoms with Gasteiger partial charge < -0.3 is 9.47 Å². The van der Waals surface area contributed by atoms with E-state index in [1.54, 1.807) is 16.8 Å². The second-order valence-corrected chi connectivity index (χ2v) is 7.26. The van der Waals surface area contributed by atoms with Crippen molar-refractivity contribution in [1.29, 1.82) is 0 Å². The quantitative estimate of drug-likeness (QED) is 0.349. The zero-order chi connectivity index (χ0) is 19.4. The molecule has 0 aliphatic carbocycles. The second-order valence-electron chi connectivity index (χ2n) is 6.51. The van der Waals surface area contributed by atoms with E-state index in [1.807, 2.05) is 19.1 Å². The molecule has 0 fully saturated rings. The van der Waals surface area contributed by atoms with Crippen LogP contribution < -0.4 is 9.47 Å². The lowest BCUT2D eigenvalue weighted by molar-refractivity contribution is -0.384. The van der Waals surface area contributed by atoms with Crippen molar-refractivity contribution in [3.05, 3.63) is 79.3 Å². The summed E-state index contributed by atoms with van der Waals surface area (Å²) in [7, 11) is 0. The van der Waals surface area contributed by atoms with Crippen LogP contribution in [0.5, 0.6) is 11.5 Å². The van der Waals surface area contributed by atoms with Crippen LogP contribution in [0, 0.1) is 17.0 Å². The fourth-order valence-corrected chi connectivity index (χ4v) is 3.77. The SMILES string of the molecule is Cc1nc2n(c1Br)N=C(c1ccc([N+](=O)[O-])cc1)c1cc3c(cc1C2)OCO3. The molecule has 0 bridgehead atoms. The Kier molecular flexibility index (Phi) is 3.73. The second kappa shape index (κ2) is 6.16. The summed E-state index contributed by atoms with van der Waals surface area (Å²) in [6.07, 6.45) is 0.568. The molecular formula is C19H13BrN4O4. The highest BCUT2D eigenvalue weighted by Crippen LogP contribution is 2.38. The molecule has 0 radical (unpaired) electrons. The summed E-state index contributed by atoms with van der Waals surface area (Å²) in [5.74, 6) is 2.14. The Labute approximate surface area is 167 Å². The van der Waals surface area contributed by atoms with E-state index >= 15 is 0 Å². The van der Waals surface area contributed by atoms with E-state index in [4.69, 9.17) is 14.6 Å². The Bertz CT molecular complexity index is 1170. The van der Waals surface area contributed by atoms with E-state index in [0.717, 1.165) is 32.8 Å². The number of hydrogen-bond donors (Lipinski definition) is 0. The number of aromatic nitrogens is 2. The molecule has 9 heteroatoms. The maximum absolute atomic E-state index is 11.0. The highest BCUT2D eigenvalue weighted by Gasteiger charge is 2.26. The number of aryl methyl sites for hydroxylation is 1. The number of nitro groups is 1. The number of non-ortho nitro benzene ring substituents is 1. The van der Waals surface area contributed by atoms with Crippen molar-refractivity contribution in [3.8, 4) is 11.5 Å². The van der Waals surface area contributed by atoms with Crippen molar-refractivity contribution in [2.75, 3.05) is 6.79 Å². The lowest BCUT2D eigenvalue weighted by atomic mass is 9.95. The van der Waals surface area contributed by atoms with E-state index < -0.39 is 4.92 Å². The molecule has 3 aromatic rings. The molecule has 2 aliphatic heterocycles. The Morgan fingerprint density at radius 1 is 1.18 bits per heavy atom. The zero-order valence-corrected chi connectivity index (χ0v) is 16.3. The maximum Gasteiger partial charge on any atom is 0.269 e.